The monoisotopic (exact) mass is 686 g/mol. The molecule has 0 saturated heterocycles. The van der Waals surface area contributed by atoms with Crippen molar-refractivity contribution in [1.82, 2.24) is 0 Å². The molecule has 12 aromatic rings. The molecule has 0 aliphatic carbocycles. The summed E-state index contributed by atoms with van der Waals surface area (Å²) in [4.78, 5) is 0. The maximum atomic E-state index is 9.48. The minimum Gasteiger partial charge on any atom is -0.0616 e. The molecule has 0 saturated carbocycles. The van der Waals surface area contributed by atoms with Crippen molar-refractivity contribution in [2.75, 3.05) is 0 Å². The zero-order chi connectivity index (χ0) is 50.3. The summed E-state index contributed by atoms with van der Waals surface area (Å²) >= 11 is 0. The van der Waals surface area contributed by atoms with E-state index in [4.69, 9.17) is 15.1 Å². The average molecular weight is 687 g/mol. The van der Waals surface area contributed by atoms with Crippen LogP contribution in [-0.2, 0) is 6.42 Å². The van der Waals surface area contributed by atoms with Crippen LogP contribution in [0.15, 0.2) is 182 Å². The van der Waals surface area contributed by atoms with Gasteiger partial charge in [-0.1, -0.05) is 175 Å². The van der Waals surface area contributed by atoms with Gasteiger partial charge in [0.15, 0.2) is 0 Å². The molecule has 53 heavy (non-hydrogen) atoms. The van der Waals surface area contributed by atoms with E-state index in [2.05, 4.69) is 0 Å². The molecule has 0 nitrogen and oxygen atoms in total. The highest BCUT2D eigenvalue weighted by molar-refractivity contribution is 6.27. The van der Waals surface area contributed by atoms with Crippen LogP contribution in [0.5, 0.6) is 0 Å². The summed E-state index contributed by atoms with van der Waals surface area (Å²) in [6.07, 6.45) is 0.258. The third-order valence-corrected chi connectivity index (χ3v) is 10.5. The molecule has 0 fully saturated rings. The fourth-order valence-electron chi connectivity index (χ4n) is 8.16. The molecule has 0 heterocycles. The molecule has 0 N–H and O–H groups in total. The van der Waals surface area contributed by atoms with Crippen molar-refractivity contribution in [2.24, 2.45) is 0 Å². The summed E-state index contributed by atoms with van der Waals surface area (Å²) in [5, 5.41) is 2.56. The van der Waals surface area contributed by atoms with E-state index < -0.39 is 96.7 Å². The Morgan fingerprint density at radius 3 is 1.49 bits per heavy atom. The van der Waals surface area contributed by atoms with Crippen LogP contribution in [0.2, 0.25) is 0 Å². The summed E-state index contributed by atoms with van der Waals surface area (Å²) in [6, 6.07) is 14.2. The van der Waals surface area contributed by atoms with Crippen LogP contribution in [0, 0.1) is 0 Å². The van der Waals surface area contributed by atoms with Crippen molar-refractivity contribution < 1.29 is 24.7 Å². The second kappa shape index (κ2) is 10.9. The summed E-state index contributed by atoms with van der Waals surface area (Å²) in [6.45, 7) is 0. The van der Waals surface area contributed by atoms with Gasteiger partial charge in [0.1, 0.15) is 0 Å². The molecule has 0 amide bonds. The summed E-state index contributed by atoms with van der Waals surface area (Å²) in [5.74, 6) is 0. The van der Waals surface area contributed by atoms with Gasteiger partial charge in [-0.2, -0.15) is 0 Å². The van der Waals surface area contributed by atoms with Gasteiger partial charge in [0.2, 0.25) is 0 Å². The molecule has 0 aliphatic rings. The van der Waals surface area contributed by atoms with Crippen molar-refractivity contribution in [1.29, 1.82) is 0 Å². The minimum absolute atomic E-state index is 0.0527. The lowest BCUT2D eigenvalue weighted by Gasteiger charge is -2.18. The van der Waals surface area contributed by atoms with Crippen LogP contribution in [0.25, 0.3) is 108 Å². The van der Waals surface area contributed by atoms with Crippen LogP contribution in [0.1, 0.15) is 35.8 Å². The first-order valence-corrected chi connectivity index (χ1v) is 17.2. The molecule has 0 aromatic heterocycles. The zero-order valence-electron chi connectivity index (χ0n) is 45.6. The smallest absolute Gasteiger partial charge is 0.0616 e. The van der Waals surface area contributed by atoms with E-state index in [-0.39, 0.29) is 94.3 Å². The molecule has 0 heteroatoms. The van der Waals surface area contributed by atoms with Crippen LogP contribution >= 0.6 is 0 Å². The molecule has 0 unspecified atom stereocenters. The molecule has 12 aromatic carbocycles. The Morgan fingerprint density at radius 2 is 0.830 bits per heavy atom. The highest BCUT2D eigenvalue weighted by Gasteiger charge is 2.17. The zero-order valence-corrected chi connectivity index (χ0v) is 27.6. The lowest BCUT2D eigenvalue weighted by atomic mass is 9.86. The van der Waals surface area contributed by atoms with Gasteiger partial charge in [-0.15, -0.1) is 0 Å². The highest BCUT2D eigenvalue weighted by atomic mass is 14.2. The molecule has 0 bridgehead atoms. The van der Waals surface area contributed by atoms with Crippen molar-refractivity contribution >= 4 is 86.2 Å². The van der Waals surface area contributed by atoms with E-state index in [1.807, 2.05) is 60.7 Å². The van der Waals surface area contributed by atoms with E-state index >= 15 is 0 Å². The third-order valence-electron chi connectivity index (χ3n) is 10.5. The summed E-state index contributed by atoms with van der Waals surface area (Å²) < 4.78 is 163. The largest absolute Gasteiger partial charge is 0.0630 e. The molecular weight excluding hydrogens is 637 g/mol. The summed E-state index contributed by atoms with van der Waals surface area (Å²) in [5.41, 5.74) is 2.63. The fraction of sp³-hybridized carbons (Fsp3) is 0.0189. The van der Waals surface area contributed by atoms with Crippen LogP contribution < -0.4 is 0 Å². The van der Waals surface area contributed by atoms with Gasteiger partial charge >= 0.3 is 0 Å². The number of hydrogen-bond acceptors (Lipinski definition) is 0. The van der Waals surface area contributed by atoms with Crippen LogP contribution in [-0.4, -0.2) is 0 Å². The molecule has 0 aliphatic heterocycles. The minimum atomic E-state index is -0.550. The average Bonchev–Trinajstić information content (AvgIpc) is 3.35. The Labute approximate surface area is 332 Å². The second-order valence-electron chi connectivity index (χ2n) is 13.4. The molecule has 0 spiro atoms. The lowest BCUT2D eigenvalue weighted by molar-refractivity contribution is 1.24. The topological polar surface area (TPSA) is 0 Å². The van der Waals surface area contributed by atoms with Gasteiger partial charge in [-0.05, 0) is 132 Å². The first kappa shape index (κ1) is 16.7. The second-order valence-corrected chi connectivity index (χ2v) is 13.4. The maximum Gasteiger partial charge on any atom is 0.0630 e. The molecule has 0 atom stereocenters. The van der Waals surface area contributed by atoms with Gasteiger partial charge in [0.05, 0.1) is 24.7 Å². The Kier molecular flexibility index (Phi) is 3.43. The highest BCUT2D eigenvalue weighted by Crippen LogP contribution is 2.43. The lowest BCUT2D eigenvalue weighted by Crippen LogP contribution is -1.95. The fourth-order valence-corrected chi connectivity index (χ4v) is 8.16. The van der Waals surface area contributed by atoms with Crippen LogP contribution in [0.3, 0.4) is 0 Å². The quantitative estimate of drug-likeness (QED) is 0.162. The standard InChI is InChI=1S/C53H32/c1-2-12-42-38(7-1)29-41(44-24-19-36-17-15-32-8-5-10-34-21-27-48(44)52(36)50(32)34)31-40(42)30-39-23-26-46(45-14-4-3-13-43(39)45)47-25-20-37-18-16-33-9-6-11-35-22-28-49(47)53(37)51(33)35/h1-29,31H,30H2/i5D,6D,8D,9D,10D,11D,15D,16D,17D,18D,19D,20D,21D,22D,24D,25D,27D,28D. The van der Waals surface area contributed by atoms with E-state index in [9.17, 15) is 9.60 Å². The molecule has 0 radical (unpaired) electrons. The Balaban J connectivity index is 1.12. The predicted octanol–water partition coefficient (Wildman–Crippen LogP) is 14.7. The van der Waals surface area contributed by atoms with E-state index in [1.54, 1.807) is 12.1 Å². The van der Waals surface area contributed by atoms with Gasteiger partial charge in [-0.25, -0.2) is 0 Å². The number of hydrogen-bond donors (Lipinski definition) is 0. The number of rotatable bonds is 4. The Morgan fingerprint density at radius 1 is 0.321 bits per heavy atom. The van der Waals surface area contributed by atoms with Gasteiger partial charge < -0.3 is 0 Å². The normalized spacial score (nSPS) is 17.0. The van der Waals surface area contributed by atoms with E-state index in [1.165, 1.54) is 0 Å². The van der Waals surface area contributed by atoms with E-state index in [0.29, 0.717) is 21.9 Å². The van der Waals surface area contributed by atoms with Crippen molar-refractivity contribution in [3.63, 3.8) is 0 Å². The van der Waals surface area contributed by atoms with E-state index in [0.717, 1.165) is 21.9 Å². The van der Waals surface area contributed by atoms with Gasteiger partial charge in [-0.3, -0.25) is 0 Å². The van der Waals surface area contributed by atoms with Gasteiger partial charge in [0, 0.05) is 0 Å². The van der Waals surface area contributed by atoms with Crippen molar-refractivity contribution in [3.05, 3.63) is 193 Å². The number of benzene rings is 12. The SMILES string of the molecule is [2H]c1c([2H])c2c([2H])c([2H])c3c([2H])c([2H])c(-c4cc(Cc5ccc(-c6c([2H])c([2H])c7c([2H])c([2H])c8c([2H])c([2H])c([2H])c9c([2H])c([2H])c6c7c89)c6ccccc56)c5ccccc5c4)c4c([2H])c([2H])c(c1[2H])c2c34. The Hall–Kier alpha value is -6.76. The first-order chi connectivity index (χ1) is 33.8. The first-order valence-electron chi connectivity index (χ1n) is 26.2. The predicted molar refractivity (Wildman–Crippen MR) is 229 cm³/mol. The van der Waals surface area contributed by atoms with Crippen molar-refractivity contribution in [3.8, 4) is 22.3 Å². The van der Waals surface area contributed by atoms with Gasteiger partial charge in [0.25, 0.3) is 0 Å². The third kappa shape index (κ3) is 4.18. The number of fused-ring (bicyclic) bond motifs is 2. The Bertz CT molecular complexity index is 4420. The maximum absolute atomic E-state index is 9.48. The summed E-state index contributed by atoms with van der Waals surface area (Å²) in [7, 11) is 0. The van der Waals surface area contributed by atoms with Crippen LogP contribution in [0.4, 0.5) is 0 Å². The molecule has 244 valence electrons. The van der Waals surface area contributed by atoms with Crippen molar-refractivity contribution in [2.45, 2.75) is 6.42 Å². The molecular formula is C53H32. The molecule has 12 rings (SSSR count).